The first-order chi connectivity index (χ1) is 15.2. The molecule has 0 atom stereocenters. The van der Waals surface area contributed by atoms with Gasteiger partial charge < -0.3 is 9.47 Å². The third-order valence-corrected chi connectivity index (χ3v) is 5.56. The minimum atomic E-state index is -0.826. The molecule has 32 heavy (non-hydrogen) atoms. The summed E-state index contributed by atoms with van der Waals surface area (Å²) in [4.78, 5) is 0. The van der Waals surface area contributed by atoms with E-state index in [0.29, 0.717) is 0 Å². The Balaban J connectivity index is 0.000000258. The first kappa shape index (κ1) is 29.9. The fraction of sp³-hybridized carbons (Fsp3) is 0.250. The molecule has 0 aromatic heterocycles. The van der Waals surface area contributed by atoms with Crippen molar-refractivity contribution >= 4 is 80.0 Å². The zero-order valence-corrected chi connectivity index (χ0v) is 27.1. The monoisotopic (exact) mass is 692 g/mol. The van der Waals surface area contributed by atoms with Crippen LogP contribution in [0.25, 0.3) is 21.5 Å². The SMILES string of the molecule is COc1cc(Br)c2cc(C)[cH-]c2c1.COc1cc(Br)c2cc(C)[cH-]c2c1.C[Si]C.[Cl][Zr+2][Cl]. The van der Waals surface area contributed by atoms with Crippen molar-refractivity contribution in [2.24, 2.45) is 0 Å². The fourth-order valence-electron chi connectivity index (χ4n) is 3.03. The van der Waals surface area contributed by atoms with Crippen molar-refractivity contribution in [1.82, 2.24) is 0 Å². The van der Waals surface area contributed by atoms with E-state index in [1.54, 1.807) is 14.2 Å². The topological polar surface area (TPSA) is 18.5 Å². The fourth-order valence-corrected chi connectivity index (χ4v) is 4.17. The Labute approximate surface area is 229 Å². The second kappa shape index (κ2) is 15.7. The van der Waals surface area contributed by atoms with E-state index >= 15 is 0 Å². The van der Waals surface area contributed by atoms with Gasteiger partial charge in [0.15, 0.2) is 0 Å². The molecule has 0 amide bonds. The molecule has 0 spiro atoms. The van der Waals surface area contributed by atoms with Crippen molar-refractivity contribution < 1.29 is 30.3 Å². The molecule has 4 aromatic rings. The molecule has 0 bridgehead atoms. The van der Waals surface area contributed by atoms with E-state index < -0.39 is 20.8 Å². The summed E-state index contributed by atoms with van der Waals surface area (Å²) in [7, 11) is 14.3. The van der Waals surface area contributed by atoms with Gasteiger partial charge in [0.1, 0.15) is 0 Å². The molecule has 8 heteroatoms. The third kappa shape index (κ3) is 9.27. The van der Waals surface area contributed by atoms with Gasteiger partial charge in [0, 0.05) is 9.52 Å². The van der Waals surface area contributed by atoms with Crippen LogP contribution < -0.4 is 9.47 Å². The van der Waals surface area contributed by atoms with E-state index in [1.807, 2.05) is 24.3 Å². The zero-order valence-electron chi connectivity index (χ0n) is 18.9. The molecule has 0 aliphatic heterocycles. The Hall–Kier alpha value is -0.1000. The van der Waals surface area contributed by atoms with Gasteiger partial charge in [-0.25, -0.2) is 0 Å². The second-order valence-electron chi connectivity index (χ2n) is 6.86. The van der Waals surface area contributed by atoms with E-state index in [1.165, 1.54) is 32.7 Å². The van der Waals surface area contributed by atoms with Crippen molar-refractivity contribution in [3.8, 4) is 11.5 Å². The van der Waals surface area contributed by atoms with Crippen molar-refractivity contribution in [2.75, 3.05) is 14.2 Å². The minimum absolute atomic E-state index is 0.826. The molecule has 0 heterocycles. The average molecular weight is 696 g/mol. The van der Waals surface area contributed by atoms with Crippen LogP contribution in [0.15, 0.2) is 57.5 Å². The molecule has 4 rings (SSSR count). The van der Waals surface area contributed by atoms with Crippen LogP contribution in [-0.2, 0) is 20.8 Å². The Bertz CT molecular complexity index is 1020. The van der Waals surface area contributed by atoms with Gasteiger partial charge in [-0.05, 0) is 21.1 Å². The zero-order chi connectivity index (χ0) is 24.3. The maximum absolute atomic E-state index is 5.18. The van der Waals surface area contributed by atoms with E-state index in [4.69, 9.17) is 26.5 Å². The molecule has 0 N–H and O–H groups in total. The average Bonchev–Trinajstić information content (AvgIpc) is 3.31. The quantitative estimate of drug-likeness (QED) is 0.154. The molecule has 0 aliphatic carbocycles. The molecule has 2 radical (unpaired) electrons. The predicted octanol–water partition coefficient (Wildman–Crippen LogP) is 9.44. The van der Waals surface area contributed by atoms with Crippen molar-refractivity contribution in [1.29, 1.82) is 0 Å². The Kier molecular flexibility index (Phi) is 14.7. The van der Waals surface area contributed by atoms with Gasteiger partial charge in [0.05, 0.1) is 25.7 Å². The molecule has 0 saturated heterocycles. The number of methoxy groups -OCH3 is 2. The van der Waals surface area contributed by atoms with Crippen LogP contribution in [0.1, 0.15) is 11.1 Å². The number of hydrogen-bond acceptors (Lipinski definition) is 2. The van der Waals surface area contributed by atoms with Crippen molar-refractivity contribution in [3.63, 3.8) is 0 Å². The maximum atomic E-state index is 5.18. The van der Waals surface area contributed by atoms with Crippen LogP contribution in [0.2, 0.25) is 13.1 Å². The van der Waals surface area contributed by atoms with Crippen LogP contribution in [0.5, 0.6) is 11.5 Å². The van der Waals surface area contributed by atoms with Crippen LogP contribution in [0, 0.1) is 13.8 Å². The normalized spacial score (nSPS) is 9.56. The summed E-state index contributed by atoms with van der Waals surface area (Å²) in [5, 5.41) is 4.95. The molecule has 0 aliphatic rings. The molecule has 0 saturated carbocycles. The van der Waals surface area contributed by atoms with Gasteiger partial charge in [-0.1, -0.05) is 70.9 Å². The van der Waals surface area contributed by atoms with Crippen LogP contribution >= 0.6 is 48.9 Å². The van der Waals surface area contributed by atoms with E-state index in [0.717, 1.165) is 30.0 Å². The van der Waals surface area contributed by atoms with Gasteiger partial charge >= 0.3 is 37.9 Å². The van der Waals surface area contributed by atoms with Crippen LogP contribution in [0.4, 0.5) is 0 Å². The van der Waals surface area contributed by atoms with Gasteiger partial charge in [-0.15, -0.1) is 44.8 Å². The molecule has 0 unspecified atom stereocenters. The number of hydrogen-bond donors (Lipinski definition) is 0. The van der Waals surface area contributed by atoms with Gasteiger partial charge in [0.2, 0.25) is 0 Å². The van der Waals surface area contributed by atoms with Gasteiger partial charge in [0.25, 0.3) is 0 Å². The Morgan fingerprint density at radius 1 is 0.750 bits per heavy atom. The molecule has 170 valence electrons. The predicted molar refractivity (Wildman–Crippen MR) is 146 cm³/mol. The first-order valence-electron chi connectivity index (χ1n) is 9.60. The van der Waals surface area contributed by atoms with Crippen LogP contribution in [-0.4, -0.2) is 23.7 Å². The number of ether oxygens (including phenoxy) is 2. The van der Waals surface area contributed by atoms with Crippen LogP contribution in [0.3, 0.4) is 0 Å². The summed E-state index contributed by atoms with van der Waals surface area (Å²) >= 11 is 6.22. The van der Waals surface area contributed by atoms with E-state index in [2.05, 4.69) is 83.1 Å². The summed E-state index contributed by atoms with van der Waals surface area (Å²) in [6.07, 6.45) is 0. The number of rotatable bonds is 2. The molecular weight excluding hydrogens is 670 g/mol. The number of benzene rings is 2. The Morgan fingerprint density at radius 3 is 1.34 bits per heavy atom. The summed E-state index contributed by atoms with van der Waals surface area (Å²) in [6.45, 7) is 8.50. The van der Waals surface area contributed by atoms with Crippen molar-refractivity contribution in [3.05, 3.63) is 68.6 Å². The second-order valence-corrected chi connectivity index (χ2v) is 13.3. The summed E-state index contributed by atoms with van der Waals surface area (Å²) in [5.41, 5.74) is 2.56. The molecular formula is C24H26Br2Cl2O2SiZr. The summed E-state index contributed by atoms with van der Waals surface area (Å²) in [6, 6.07) is 16.7. The molecule has 2 nitrogen and oxygen atoms in total. The van der Waals surface area contributed by atoms with E-state index in [9.17, 15) is 0 Å². The van der Waals surface area contributed by atoms with Crippen molar-refractivity contribution in [2.45, 2.75) is 26.9 Å². The summed E-state index contributed by atoms with van der Waals surface area (Å²) in [5.74, 6) is 1.79. The standard InChI is InChI=1S/2C11H10BrO.C2H6Si.2ClH.Zr/c2*1-7-3-8-5-9(13-2)6-11(12)10(8)4-7;1-3-2;;;/h2*3-6H,1-2H3;1-2H3;2*1H;/q2*-1;;;;+4/p-2. The number of halogens is 4. The Morgan fingerprint density at radius 2 is 1.06 bits per heavy atom. The third-order valence-electron chi connectivity index (χ3n) is 4.25. The van der Waals surface area contributed by atoms with Gasteiger partial charge in [-0.2, -0.15) is 12.1 Å². The first-order valence-corrected chi connectivity index (χ1v) is 19.5. The van der Waals surface area contributed by atoms with E-state index in [-0.39, 0.29) is 0 Å². The molecule has 4 aromatic carbocycles. The summed E-state index contributed by atoms with van der Waals surface area (Å²) < 4.78 is 12.5. The number of aryl methyl sites for hydroxylation is 2. The van der Waals surface area contributed by atoms with Gasteiger partial charge in [-0.3, -0.25) is 0 Å². The molecule has 0 fully saturated rings. The number of fused-ring (bicyclic) bond motifs is 2.